The Morgan fingerprint density at radius 3 is 2.63 bits per heavy atom. The number of benzene rings is 1. The highest BCUT2D eigenvalue weighted by Crippen LogP contribution is 2.26. The van der Waals surface area contributed by atoms with Crippen molar-refractivity contribution in [3.05, 3.63) is 23.8 Å². The van der Waals surface area contributed by atoms with Crippen LogP contribution in [-0.4, -0.2) is 31.8 Å². The highest BCUT2D eigenvalue weighted by molar-refractivity contribution is 5.73. The number of rotatable bonds is 7. The molecule has 0 fully saturated rings. The van der Waals surface area contributed by atoms with E-state index >= 15 is 0 Å². The van der Waals surface area contributed by atoms with Gasteiger partial charge in [-0.25, -0.2) is 0 Å². The van der Waals surface area contributed by atoms with Crippen LogP contribution in [0.1, 0.15) is 19.4 Å². The van der Waals surface area contributed by atoms with Gasteiger partial charge in [0.15, 0.2) is 0 Å². The molecule has 5 nitrogen and oxygen atoms in total. The van der Waals surface area contributed by atoms with Crippen molar-refractivity contribution in [2.75, 3.05) is 20.8 Å². The largest absolute Gasteiger partial charge is 0.497 e. The number of methoxy groups -OCH3 is 1. The van der Waals surface area contributed by atoms with Crippen LogP contribution in [0.5, 0.6) is 11.5 Å². The van der Waals surface area contributed by atoms with E-state index in [-0.39, 0.29) is 6.61 Å². The molecule has 1 aromatic carbocycles. The van der Waals surface area contributed by atoms with Crippen molar-refractivity contribution in [2.24, 2.45) is 5.41 Å². The number of aliphatic carboxylic acids is 1. The zero-order valence-corrected chi connectivity index (χ0v) is 11.8. The summed E-state index contributed by atoms with van der Waals surface area (Å²) in [5.74, 6) is 0.538. The molecule has 0 radical (unpaired) electrons. The van der Waals surface area contributed by atoms with Gasteiger partial charge in [0.25, 0.3) is 0 Å². The molecular formula is C14H21NO4. The number of nitrogens with one attached hydrogen (secondary N) is 1. The van der Waals surface area contributed by atoms with Crippen LogP contribution in [0.2, 0.25) is 0 Å². The summed E-state index contributed by atoms with van der Waals surface area (Å²) < 4.78 is 10.8. The number of carboxylic acid groups (broad SMARTS) is 1. The molecule has 0 atom stereocenters. The molecule has 0 spiro atoms. The molecule has 5 heteroatoms. The maximum atomic E-state index is 11.0. The second-order valence-electron chi connectivity index (χ2n) is 4.98. The summed E-state index contributed by atoms with van der Waals surface area (Å²) in [6, 6.07) is 5.46. The van der Waals surface area contributed by atoms with E-state index in [4.69, 9.17) is 14.6 Å². The first kappa shape index (κ1) is 15.3. The van der Waals surface area contributed by atoms with Crippen molar-refractivity contribution in [3.63, 3.8) is 0 Å². The zero-order chi connectivity index (χ0) is 14.5. The van der Waals surface area contributed by atoms with Gasteiger partial charge in [0.1, 0.15) is 18.1 Å². The zero-order valence-electron chi connectivity index (χ0n) is 11.8. The van der Waals surface area contributed by atoms with Crippen LogP contribution < -0.4 is 14.8 Å². The first-order valence-corrected chi connectivity index (χ1v) is 6.08. The van der Waals surface area contributed by atoms with Crippen LogP contribution in [0.25, 0.3) is 0 Å². The Labute approximate surface area is 113 Å². The predicted molar refractivity (Wildman–Crippen MR) is 72.7 cm³/mol. The van der Waals surface area contributed by atoms with Crippen LogP contribution >= 0.6 is 0 Å². The van der Waals surface area contributed by atoms with Crippen LogP contribution in [-0.2, 0) is 11.3 Å². The van der Waals surface area contributed by atoms with Crippen molar-refractivity contribution in [1.29, 1.82) is 0 Å². The monoisotopic (exact) mass is 267 g/mol. The van der Waals surface area contributed by atoms with E-state index in [1.54, 1.807) is 33.1 Å². The average molecular weight is 267 g/mol. The number of hydrogen-bond acceptors (Lipinski definition) is 4. The van der Waals surface area contributed by atoms with Gasteiger partial charge in [0.2, 0.25) is 0 Å². The first-order chi connectivity index (χ1) is 8.90. The normalized spacial score (nSPS) is 11.2. The number of carboxylic acids is 1. The van der Waals surface area contributed by atoms with Gasteiger partial charge >= 0.3 is 5.97 Å². The molecule has 0 amide bonds. The van der Waals surface area contributed by atoms with E-state index in [0.717, 1.165) is 11.3 Å². The second-order valence-corrected chi connectivity index (χ2v) is 4.98. The SMILES string of the molecule is CNCc1cc(OC)ccc1OCC(C)(C)C(=O)O. The van der Waals surface area contributed by atoms with Gasteiger partial charge in [-0.3, -0.25) is 4.79 Å². The Morgan fingerprint density at radius 2 is 2.11 bits per heavy atom. The molecule has 106 valence electrons. The van der Waals surface area contributed by atoms with Gasteiger partial charge in [-0.15, -0.1) is 0 Å². The fourth-order valence-electron chi connectivity index (χ4n) is 1.47. The van der Waals surface area contributed by atoms with Crippen molar-refractivity contribution >= 4 is 5.97 Å². The molecule has 0 saturated heterocycles. The summed E-state index contributed by atoms with van der Waals surface area (Å²) in [4.78, 5) is 11.0. The fourth-order valence-corrected chi connectivity index (χ4v) is 1.47. The van der Waals surface area contributed by atoms with Crippen LogP contribution in [0, 0.1) is 5.41 Å². The van der Waals surface area contributed by atoms with E-state index in [9.17, 15) is 4.79 Å². The topological polar surface area (TPSA) is 67.8 Å². The molecule has 0 bridgehead atoms. The van der Waals surface area contributed by atoms with Crippen molar-refractivity contribution in [1.82, 2.24) is 5.32 Å². The maximum absolute atomic E-state index is 11.0. The summed E-state index contributed by atoms with van der Waals surface area (Å²) in [6.07, 6.45) is 0. The molecule has 0 unspecified atom stereocenters. The highest BCUT2D eigenvalue weighted by atomic mass is 16.5. The third-order valence-electron chi connectivity index (χ3n) is 2.80. The fraction of sp³-hybridized carbons (Fsp3) is 0.500. The summed E-state index contributed by atoms with van der Waals surface area (Å²) in [7, 11) is 3.44. The number of ether oxygens (including phenoxy) is 2. The van der Waals surface area contributed by atoms with E-state index in [2.05, 4.69) is 5.32 Å². The Morgan fingerprint density at radius 1 is 1.42 bits per heavy atom. The van der Waals surface area contributed by atoms with Crippen LogP contribution in [0.15, 0.2) is 18.2 Å². The molecule has 0 aliphatic rings. The first-order valence-electron chi connectivity index (χ1n) is 6.08. The van der Waals surface area contributed by atoms with E-state index in [0.29, 0.717) is 12.3 Å². The lowest BCUT2D eigenvalue weighted by Crippen LogP contribution is -2.31. The standard InChI is InChI=1S/C14H21NO4/c1-14(2,13(16)17)9-19-12-6-5-11(18-4)7-10(12)8-15-3/h5-7,15H,8-9H2,1-4H3,(H,16,17). The maximum Gasteiger partial charge on any atom is 0.312 e. The third kappa shape index (κ3) is 4.13. The van der Waals surface area contributed by atoms with Gasteiger partial charge in [-0.1, -0.05) is 0 Å². The number of carbonyl (C=O) groups is 1. The molecule has 0 heterocycles. The minimum absolute atomic E-state index is 0.116. The average Bonchev–Trinajstić information content (AvgIpc) is 2.37. The second kappa shape index (κ2) is 6.43. The highest BCUT2D eigenvalue weighted by Gasteiger charge is 2.28. The summed E-state index contributed by atoms with van der Waals surface area (Å²) in [5, 5.41) is 12.1. The Kier molecular flexibility index (Phi) is 5.18. The molecule has 0 aliphatic heterocycles. The third-order valence-corrected chi connectivity index (χ3v) is 2.80. The van der Waals surface area contributed by atoms with E-state index < -0.39 is 11.4 Å². The molecule has 2 N–H and O–H groups in total. The van der Waals surface area contributed by atoms with Gasteiger partial charge in [0, 0.05) is 12.1 Å². The van der Waals surface area contributed by atoms with Gasteiger partial charge in [-0.05, 0) is 39.1 Å². The summed E-state index contributed by atoms with van der Waals surface area (Å²) in [5.41, 5.74) is 0.0136. The summed E-state index contributed by atoms with van der Waals surface area (Å²) >= 11 is 0. The quantitative estimate of drug-likeness (QED) is 0.789. The minimum Gasteiger partial charge on any atom is -0.497 e. The molecule has 0 aliphatic carbocycles. The van der Waals surface area contributed by atoms with E-state index in [1.807, 2.05) is 13.1 Å². The lowest BCUT2D eigenvalue weighted by molar-refractivity contribution is -0.148. The molecular weight excluding hydrogens is 246 g/mol. The predicted octanol–water partition coefficient (Wildman–Crippen LogP) is 1.90. The Hall–Kier alpha value is -1.75. The van der Waals surface area contributed by atoms with Crippen molar-refractivity contribution in [2.45, 2.75) is 20.4 Å². The molecule has 19 heavy (non-hydrogen) atoms. The molecule has 0 aromatic heterocycles. The number of hydrogen-bond donors (Lipinski definition) is 2. The van der Waals surface area contributed by atoms with E-state index in [1.165, 1.54) is 0 Å². The van der Waals surface area contributed by atoms with Crippen molar-refractivity contribution in [3.8, 4) is 11.5 Å². The minimum atomic E-state index is -0.920. The summed E-state index contributed by atoms with van der Waals surface area (Å²) in [6.45, 7) is 4.01. The molecule has 1 rings (SSSR count). The van der Waals surface area contributed by atoms with Gasteiger partial charge in [0.05, 0.1) is 12.5 Å². The molecule has 0 saturated carbocycles. The van der Waals surface area contributed by atoms with Gasteiger partial charge < -0.3 is 19.9 Å². The Bertz CT molecular complexity index is 443. The van der Waals surface area contributed by atoms with Crippen LogP contribution in [0.4, 0.5) is 0 Å². The van der Waals surface area contributed by atoms with Gasteiger partial charge in [-0.2, -0.15) is 0 Å². The van der Waals surface area contributed by atoms with Crippen molar-refractivity contribution < 1.29 is 19.4 Å². The lowest BCUT2D eigenvalue weighted by atomic mass is 9.95. The molecule has 1 aromatic rings. The smallest absolute Gasteiger partial charge is 0.312 e. The van der Waals surface area contributed by atoms with Crippen LogP contribution in [0.3, 0.4) is 0 Å². The lowest BCUT2D eigenvalue weighted by Gasteiger charge is -2.21. The Balaban J connectivity index is 2.85.